The number of amides is 1. The fourth-order valence-electron chi connectivity index (χ4n) is 3.04. The number of hydrogen-bond acceptors (Lipinski definition) is 2. The standard InChI is InChI=1S/C17H26N2O/c1-12-9-13(2)16(11-15(12)18)19-17(20)10-14-7-5-3-4-6-8-14/h9,11,14H,3-8,10,18H2,1-2H3,(H,19,20). The average Bonchev–Trinajstić information content (AvgIpc) is 2.64. The average molecular weight is 274 g/mol. The van der Waals surface area contributed by atoms with Gasteiger partial charge in [-0.25, -0.2) is 0 Å². The molecule has 1 aliphatic rings. The molecule has 1 fully saturated rings. The van der Waals surface area contributed by atoms with Crippen molar-refractivity contribution >= 4 is 17.3 Å². The third-order valence-electron chi connectivity index (χ3n) is 4.34. The summed E-state index contributed by atoms with van der Waals surface area (Å²) in [6.07, 6.45) is 8.23. The molecular weight excluding hydrogens is 248 g/mol. The lowest BCUT2D eigenvalue weighted by atomic mass is 9.96. The van der Waals surface area contributed by atoms with E-state index in [9.17, 15) is 4.79 Å². The van der Waals surface area contributed by atoms with Gasteiger partial charge in [-0.2, -0.15) is 0 Å². The molecule has 0 bridgehead atoms. The van der Waals surface area contributed by atoms with Crippen molar-refractivity contribution in [3.63, 3.8) is 0 Å². The summed E-state index contributed by atoms with van der Waals surface area (Å²) in [5.41, 5.74) is 9.64. The Morgan fingerprint density at radius 2 is 1.80 bits per heavy atom. The van der Waals surface area contributed by atoms with Gasteiger partial charge in [0.25, 0.3) is 0 Å². The third kappa shape index (κ3) is 3.99. The first-order valence-electron chi connectivity index (χ1n) is 7.73. The van der Waals surface area contributed by atoms with E-state index in [1.807, 2.05) is 26.0 Å². The molecule has 3 heteroatoms. The normalized spacial score (nSPS) is 16.7. The van der Waals surface area contributed by atoms with E-state index in [1.165, 1.54) is 38.5 Å². The van der Waals surface area contributed by atoms with Crippen LogP contribution in [0.15, 0.2) is 12.1 Å². The van der Waals surface area contributed by atoms with Crippen LogP contribution < -0.4 is 11.1 Å². The van der Waals surface area contributed by atoms with Crippen molar-refractivity contribution in [1.82, 2.24) is 0 Å². The molecule has 110 valence electrons. The number of anilines is 2. The Morgan fingerprint density at radius 1 is 1.15 bits per heavy atom. The molecule has 3 nitrogen and oxygen atoms in total. The number of hydrogen-bond donors (Lipinski definition) is 2. The van der Waals surface area contributed by atoms with Crippen molar-refractivity contribution in [2.24, 2.45) is 5.92 Å². The number of rotatable bonds is 3. The van der Waals surface area contributed by atoms with E-state index in [1.54, 1.807) is 0 Å². The van der Waals surface area contributed by atoms with Gasteiger partial charge in [0.2, 0.25) is 5.91 Å². The largest absolute Gasteiger partial charge is 0.398 e. The summed E-state index contributed by atoms with van der Waals surface area (Å²) >= 11 is 0. The maximum atomic E-state index is 12.2. The summed E-state index contributed by atoms with van der Waals surface area (Å²) in [5.74, 6) is 0.684. The first-order valence-corrected chi connectivity index (χ1v) is 7.73. The van der Waals surface area contributed by atoms with E-state index in [4.69, 9.17) is 5.73 Å². The van der Waals surface area contributed by atoms with Crippen molar-refractivity contribution in [2.45, 2.75) is 58.8 Å². The van der Waals surface area contributed by atoms with E-state index in [-0.39, 0.29) is 5.91 Å². The third-order valence-corrected chi connectivity index (χ3v) is 4.34. The van der Waals surface area contributed by atoms with Gasteiger partial charge < -0.3 is 11.1 Å². The van der Waals surface area contributed by atoms with E-state index in [2.05, 4.69) is 5.32 Å². The highest BCUT2D eigenvalue weighted by Gasteiger charge is 2.16. The van der Waals surface area contributed by atoms with Gasteiger partial charge in [0, 0.05) is 17.8 Å². The monoisotopic (exact) mass is 274 g/mol. The molecule has 0 aromatic heterocycles. The summed E-state index contributed by atoms with van der Waals surface area (Å²) in [7, 11) is 0. The lowest BCUT2D eigenvalue weighted by Crippen LogP contribution is -2.17. The highest BCUT2D eigenvalue weighted by Crippen LogP contribution is 2.27. The fourth-order valence-corrected chi connectivity index (χ4v) is 3.04. The van der Waals surface area contributed by atoms with E-state index in [0.717, 1.165) is 22.5 Å². The first-order chi connectivity index (χ1) is 9.56. The number of nitrogen functional groups attached to an aromatic ring is 1. The molecule has 1 aromatic rings. The Bertz CT molecular complexity index is 474. The van der Waals surface area contributed by atoms with Crippen LogP contribution in [0.1, 0.15) is 56.1 Å². The zero-order valence-corrected chi connectivity index (χ0v) is 12.7. The Labute approximate surface area is 121 Å². The molecule has 1 aliphatic carbocycles. The SMILES string of the molecule is Cc1cc(C)c(NC(=O)CC2CCCCCC2)cc1N. The number of nitrogens with one attached hydrogen (secondary N) is 1. The topological polar surface area (TPSA) is 55.1 Å². The molecular formula is C17H26N2O. The summed E-state index contributed by atoms with van der Waals surface area (Å²) in [6.45, 7) is 3.99. The smallest absolute Gasteiger partial charge is 0.224 e. The molecule has 1 saturated carbocycles. The van der Waals surface area contributed by atoms with Gasteiger partial charge in [0.15, 0.2) is 0 Å². The van der Waals surface area contributed by atoms with Gasteiger partial charge >= 0.3 is 0 Å². The fraction of sp³-hybridized carbons (Fsp3) is 0.588. The number of carbonyl (C=O) groups excluding carboxylic acids is 1. The van der Waals surface area contributed by atoms with E-state index >= 15 is 0 Å². The summed E-state index contributed by atoms with van der Waals surface area (Å²) in [5, 5.41) is 3.03. The highest BCUT2D eigenvalue weighted by atomic mass is 16.1. The first kappa shape index (κ1) is 14.9. The van der Waals surface area contributed by atoms with Gasteiger partial charge in [-0.15, -0.1) is 0 Å². The molecule has 2 rings (SSSR count). The van der Waals surface area contributed by atoms with Gasteiger partial charge in [-0.05, 0) is 49.8 Å². The van der Waals surface area contributed by atoms with Crippen molar-refractivity contribution in [3.8, 4) is 0 Å². The number of benzene rings is 1. The Morgan fingerprint density at radius 3 is 2.45 bits per heavy atom. The molecule has 1 amide bonds. The molecule has 3 N–H and O–H groups in total. The Kier molecular flexibility index (Phi) is 5.05. The molecule has 0 atom stereocenters. The molecule has 0 saturated heterocycles. The van der Waals surface area contributed by atoms with Crippen LogP contribution in [-0.2, 0) is 4.79 Å². The summed E-state index contributed by atoms with van der Waals surface area (Å²) in [4.78, 5) is 12.2. The van der Waals surface area contributed by atoms with Crippen LogP contribution in [0.4, 0.5) is 11.4 Å². The van der Waals surface area contributed by atoms with Gasteiger partial charge in [0.05, 0.1) is 0 Å². The summed E-state index contributed by atoms with van der Waals surface area (Å²) in [6, 6.07) is 3.90. The Balaban J connectivity index is 1.95. The minimum Gasteiger partial charge on any atom is -0.398 e. The molecule has 20 heavy (non-hydrogen) atoms. The lowest BCUT2D eigenvalue weighted by Gasteiger charge is -2.15. The van der Waals surface area contributed by atoms with Crippen LogP contribution in [0.2, 0.25) is 0 Å². The minimum atomic E-state index is 0.128. The maximum Gasteiger partial charge on any atom is 0.224 e. The lowest BCUT2D eigenvalue weighted by molar-refractivity contribution is -0.117. The molecule has 0 radical (unpaired) electrons. The molecule has 0 unspecified atom stereocenters. The second-order valence-electron chi connectivity index (χ2n) is 6.13. The second-order valence-corrected chi connectivity index (χ2v) is 6.13. The predicted molar refractivity (Wildman–Crippen MR) is 84.8 cm³/mol. The van der Waals surface area contributed by atoms with Crippen molar-refractivity contribution in [2.75, 3.05) is 11.1 Å². The van der Waals surface area contributed by atoms with Crippen LogP contribution in [-0.4, -0.2) is 5.91 Å². The molecule has 1 aromatic carbocycles. The zero-order chi connectivity index (χ0) is 14.5. The van der Waals surface area contributed by atoms with Crippen molar-refractivity contribution in [1.29, 1.82) is 0 Å². The minimum absolute atomic E-state index is 0.128. The van der Waals surface area contributed by atoms with Gasteiger partial charge in [-0.1, -0.05) is 31.7 Å². The van der Waals surface area contributed by atoms with Gasteiger partial charge in [0.1, 0.15) is 0 Å². The summed E-state index contributed by atoms with van der Waals surface area (Å²) < 4.78 is 0. The molecule has 0 heterocycles. The van der Waals surface area contributed by atoms with E-state index < -0.39 is 0 Å². The highest BCUT2D eigenvalue weighted by molar-refractivity contribution is 5.92. The van der Waals surface area contributed by atoms with Crippen molar-refractivity contribution in [3.05, 3.63) is 23.3 Å². The molecule has 0 spiro atoms. The maximum absolute atomic E-state index is 12.2. The van der Waals surface area contributed by atoms with Crippen LogP contribution in [0.25, 0.3) is 0 Å². The van der Waals surface area contributed by atoms with E-state index in [0.29, 0.717) is 12.3 Å². The number of nitrogens with two attached hydrogens (primary N) is 1. The quantitative estimate of drug-likeness (QED) is 0.641. The van der Waals surface area contributed by atoms with Crippen molar-refractivity contribution < 1.29 is 4.79 Å². The molecule has 0 aliphatic heterocycles. The number of carbonyl (C=O) groups is 1. The Hall–Kier alpha value is -1.51. The van der Waals surface area contributed by atoms with Crippen LogP contribution in [0, 0.1) is 19.8 Å². The number of aryl methyl sites for hydroxylation is 2. The zero-order valence-electron chi connectivity index (χ0n) is 12.7. The van der Waals surface area contributed by atoms with Crippen LogP contribution >= 0.6 is 0 Å². The van der Waals surface area contributed by atoms with Gasteiger partial charge in [-0.3, -0.25) is 4.79 Å². The second kappa shape index (κ2) is 6.78. The van der Waals surface area contributed by atoms with Crippen LogP contribution in [0.5, 0.6) is 0 Å². The van der Waals surface area contributed by atoms with Crippen LogP contribution in [0.3, 0.4) is 0 Å². The predicted octanol–water partition coefficient (Wildman–Crippen LogP) is 4.18.